The number of benzene rings is 8. The Bertz CT molecular complexity index is 3000. The molecule has 0 unspecified atom stereocenters. The van der Waals surface area contributed by atoms with Crippen molar-refractivity contribution in [3.05, 3.63) is 212 Å². The third-order valence-corrected chi connectivity index (χ3v) is 11.1. The molecule has 0 amide bonds. The van der Waals surface area contributed by atoms with Crippen molar-refractivity contribution in [2.24, 2.45) is 0 Å². The van der Waals surface area contributed by atoms with Crippen LogP contribution in [0.1, 0.15) is 0 Å². The average molecular weight is 714 g/mol. The Kier molecular flexibility index (Phi) is 7.49. The first-order valence-electron chi connectivity index (χ1n) is 19.1. The van der Waals surface area contributed by atoms with E-state index >= 15 is 0 Å². The first-order valence-corrected chi connectivity index (χ1v) is 19.1. The molecular formula is C53H35N3. The van der Waals surface area contributed by atoms with Crippen molar-refractivity contribution in [2.75, 3.05) is 0 Å². The van der Waals surface area contributed by atoms with Gasteiger partial charge in [-0.05, 0) is 82.9 Å². The Morgan fingerprint density at radius 1 is 0.250 bits per heavy atom. The summed E-state index contributed by atoms with van der Waals surface area (Å²) >= 11 is 0. The molecule has 0 aliphatic carbocycles. The number of pyridine rings is 1. The summed E-state index contributed by atoms with van der Waals surface area (Å²) in [5.74, 6) is 0. The van der Waals surface area contributed by atoms with Gasteiger partial charge in [0.05, 0.1) is 33.5 Å². The van der Waals surface area contributed by atoms with Gasteiger partial charge < -0.3 is 9.13 Å². The van der Waals surface area contributed by atoms with E-state index in [1.54, 1.807) is 0 Å². The number of rotatable bonds is 6. The highest BCUT2D eigenvalue weighted by Gasteiger charge is 2.17. The molecule has 3 aromatic heterocycles. The highest BCUT2D eigenvalue weighted by molar-refractivity contribution is 6.12. The smallest absolute Gasteiger partial charge is 0.0710 e. The fraction of sp³-hybridized carbons (Fsp3) is 0. The maximum atomic E-state index is 5.33. The topological polar surface area (TPSA) is 22.8 Å². The molecule has 3 heterocycles. The van der Waals surface area contributed by atoms with E-state index in [0.29, 0.717) is 0 Å². The lowest BCUT2D eigenvalue weighted by atomic mass is 10.0. The van der Waals surface area contributed by atoms with Crippen molar-refractivity contribution < 1.29 is 0 Å². The van der Waals surface area contributed by atoms with E-state index in [4.69, 9.17) is 4.98 Å². The normalized spacial score (nSPS) is 11.6. The van der Waals surface area contributed by atoms with Crippen LogP contribution in [0, 0.1) is 0 Å². The van der Waals surface area contributed by atoms with Gasteiger partial charge in [0.1, 0.15) is 0 Å². The zero-order valence-electron chi connectivity index (χ0n) is 30.5. The highest BCUT2D eigenvalue weighted by atomic mass is 15.0. The van der Waals surface area contributed by atoms with Crippen LogP contribution in [0.2, 0.25) is 0 Å². The van der Waals surface area contributed by atoms with Gasteiger partial charge in [0.2, 0.25) is 0 Å². The number of hydrogen-bond donors (Lipinski definition) is 0. The zero-order valence-corrected chi connectivity index (χ0v) is 30.5. The Balaban J connectivity index is 1.05. The van der Waals surface area contributed by atoms with E-state index in [2.05, 4.69) is 221 Å². The first-order chi connectivity index (χ1) is 27.8. The van der Waals surface area contributed by atoms with Gasteiger partial charge >= 0.3 is 0 Å². The van der Waals surface area contributed by atoms with Crippen LogP contribution < -0.4 is 0 Å². The lowest BCUT2D eigenvalue weighted by Crippen LogP contribution is -1.95. The molecule has 0 aliphatic heterocycles. The van der Waals surface area contributed by atoms with Crippen LogP contribution in [0.4, 0.5) is 0 Å². The maximum Gasteiger partial charge on any atom is 0.0710 e. The zero-order chi connectivity index (χ0) is 37.0. The molecule has 262 valence electrons. The van der Waals surface area contributed by atoms with Crippen molar-refractivity contribution in [1.82, 2.24) is 14.1 Å². The van der Waals surface area contributed by atoms with E-state index in [-0.39, 0.29) is 0 Å². The summed E-state index contributed by atoms with van der Waals surface area (Å²) in [6.45, 7) is 0. The van der Waals surface area contributed by atoms with E-state index in [0.717, 1.165) is 44.9 Å². The summed E-state index contributed by atoms with van der Waals surface area (Å²) in [6.07, 6.45) is 0. The molecule has 0 saturated carbocycles. The van der Waals surface area contributed by atoms with Crippen molar-refractivity contribution in [2.45, 2.75) is 0 Å². The van der Waals surface area contributed by atoms with Crippen molar-refractivity contribution in [1.29, 1.82) is 0 Å². The molecule has 56 heavy (non-hydrogen) atoms. The molecule has 0 atom stereocenters. The standard InChI is InChI=1S/C53H35N3/c1-5-14-36(15-6-1)38-24-28-44-46-30-26-40(34-52(46)55(50(44)32-38)42-18-9-3-10-19-42)48-22-13-23-49(54-48)41-27-31-47-45-29-25-39(37-16-7-2-8-17-37)33-51(45)56(53(47)35-41)43-20-11-4-12-21-43/h1-35H. The predicted octanol–water partition coefficient (Wildman–Crippen LogP) is 13.9. The summed E-state index contributed by atoms with van der Waals surface area (Å²) in [5, 5.41) is 4.90. The Hall–Kier alpha value is -7.49. The fourth-order valence-electron chi connectivity index (χ4n) is 8.44. The van der Waals surface area contributed by atoms with E-state index in [1.165, 1.54) is 54.8 Å². The molecule has 0 N–H and O–H groups in total. The monoisotopic (exact) mass is 713 g/mol. The number of hydrogen-bond acceptors (Lipinski definition) is 1. The minimum Gasteiger partial charge on any atom is -0.309 e. The van der Waals surface area contributed by atoms with Crippen LogP contribution in [-0.4, -0.2) is 14.1 Å². The number of nitrogens with zero attached hydrogens (tertiary/aromatic N) is 3. The van der Waals surface area contributed by atoms with E-state index in [9.17, 15) is 0 Å². The minimum absolute atomic E-state index is 0.940. The third-order valence-electron chi connectivity index (χ3n) is 11.1. The van der Waals surface area contributed by atoms with Crippen molar-refractivity contribution in [3.63, 3.8) is 0 Å². The second-order valence-electron chi connectivity index (χ2n) is 14.4. The third kappa shape index (κ3) is 5.32. The second kappa shape index (κ2) is 13.1. The Labute approximate surface area is 325 Å². The van der Waals surface area contributed by atoms with E-state index in [1.807, 2.05) is 0 Å². The molecule has 3 heteroatoms. The molecule has 11 rings (SSSR count). The molecule has 0 spiro atoms. The van der Waals surface area contributed by atoms with Crippen LogP contribution in [-0.2, 0) is 0 Å². The van der Waals surface area contributed by atoms with Crippen LogP contribution >= 0.6 is 0 Å². The molecule has 3 nitrogen and oxygen atoms in total. The molecule has 0 saturated heterocycles. The Morgan fingerprint density at radius 2 is 0.571 bits per heavy atom. The summed E-state index contributed by atoms with van der Waals surface area (Å²) in [7, 11) is 0. The summed E-state index contributed by atoms with van der Waals surface area (Å²) in [6, 6.07) is 76.2. The molecule has 8 aromatic carbocycles. The molecule has 0 bridgehead atoms. The largest absolute Gasteiger partial charge is 0.309 e. The van der Waals surface area contributed by atoms with Crippen LogP contribution in [0.5, 0.6) is 0 Å². The summed E-state index contributed by atoms with van der Waals surface area (Å²) < 4.78 is 4.79. The van der Waals surface area contributed by atoms with E-state index < -0.39 is 0 Å². The number of para-hydroxylation sites is 2. The van der Waals surface area contributed by atoms with Crippen LogP contribution in [0.3, 0.4) is 0 Å². The van der Waals surface area contributed by atoms with Gasteiger partial charge in [-0.2, -0.15) is 0 Å². The van der Waals surface area contributed by atoms with Crippen LogP contribution in [0.25, 0.3) is 99.8 Å². The van der Waals surface area contributed by atoms with Gasteiger partial charge in [-0.1, -0.05) is 152 Å². The summed E-state index contributed by atoms with van der Waals surface area (Å²) in [5.41, 5.74) is 15.8. The van der Waals surface area contributed by atoms with Gasteiger partial charge in [0.25, 0.3) is 0 Å². The molecule has 0 radical (unpaired) electrons. The quantitative estimate of drug-likeness (QED) is 0.168. The number of aromatic nitrogens is 3. The van der Waals surface area contributed by atoms with Crippen molar-refractivity contribution in [3.8, 4) is 56.1 Å². The highest BCUT2D eigenvalue weighted by Crippen LogP contribution is 2.39. The van der Waals surface area contributed by atoms with Gasteiger partial charge in [0.15, 0.2) is 0 Å². The van der Waals surface area contributed by atoms with Gasteiger partial charge in [-0.25, -0.2) is 4.98 Å². The Morgan fingerprint density at radius 3 is 0.946 bits per heavy atom. The fourth-order valence-corrected chi connectivity index (χ4v) is 8.44. The molecular weight excluding hydrogens is 679 g/mol. The molecule has 0 aliphatic rings. The lowest BCUT2D eigenvalue weighted by Gasteiger charge is -2.11. The summed E-state index contributed by atoms with van der Waals surface area (Å²) in [4.78, 5) is 5.33. The SMILES string of the molecule is c1ccc(-c2ccc3c4ccc(-c5cccc(-c6ccc7c8ccc(-c9ccccc9)cc8n(-c8ccccc8)c7c6)n5)cc4n(-c4ccccc4)c3c2)cc1. The van der Waals surface area contributed by atoms with Crippen LogP contribution in [0.15, 0.2) is 212 Å². The molecule has 11 aromatic rings. The van der Waals surface area contributed by atoms with Gasteiger partial charge in [0, 0.05) is 44.0 Å². The lowest BCUT2D eigenvalue weighted by molar-refractivity contribution is 1.18. The van der Waals surface area contributed by atoms with Gasteiger partial charge in [-0.3, -0.25) is 0 Å². The average Bonchev–Trinajstić information content (AvgIpc) is 3.78. The minimum atomic E-state index is 0.940. The number of fused-ring (bicyclic) bond motifs is 6. The first kappa shape index (κ1) is 32.0. The van der Waals surface area contributed by atoms with Crippen molar-refractivity contribution >= 4 is 43.6 Å². The van der Waals surface area contributed by atoms with Gasteiger partial charge in [-0.15, -0.1) is 0 Å². The molecule has 0 fully saturated rings. The maximum absolute atomic E-state index is 5.33. The predicted molar refractivity (Wildman–Crippen MR) is 235 cm³/mol. The second-order valence-corrected chi connectivity index (χ2v) is 14.4.